The van der Waals surface area contributed by atoms with Crippen LogP contribution in [0.2, 0.25) is 0 Å². The number of carbonyl (C=O) groups is 2. The lowest BCUT2D eigenvalue weighted by molar-refractivity contribution is -0.145. The molecule has 0 spiro atoms. The van der Waals surface area contributed by atoms with E-state index < -0.39 is 34.0 Å². The van der Waals surface area contributed by atoms with Crippen molar-refractivity contribution in [2.75, 3.05) is 20.2 Å². The minimum absolute atomic E-state index is 0.0295. The first-order chi connectivity index (χ1) is 12.2. The maximum Gasteiger partial charge on any atom is 0.331 e. The Labute approximate surface area is 153 Å². The number of aliphatic hydroxyl groups excluding tert-OH is 1. The third kappa shape index (κ3) is 4.22. The van der Waals surface area contributed by atoms with Crippen LogP contribution >= 0.6 is 0 Å². The topological polar surface area (TPSA) is 113 Å². The van der Waals surface area contributed by atoms with E-state index in [1.165, 1.54) is 23.4 Å². The largest absolute Gasteiger partial charge is 0.467 e. The molecule has 144 valence electrons. The number of hydrogen-bond donors (Lipinski definition) is 2. The summed E-state index contributed by atoms with van der Waals surface area (Å²) in [6.45, 7) is 3.94. The fourth-order valence-corrected chi connectivity index (χ4v) is 4.35. The molecule has 1 amide bonds. The number of benzene rings is 1. The van der Waals surface area contributed by atoms with Gasteiger partial charge in [0.1, 0.15) is 0 Å². The van der Waals surface area contributed by atoms with Gasteiger partial charge < -0.3 is 15.2 Å². The second kappa shape index (κ2) is 8.15. The van der Waals surface area contributed by atoms with Crippen molar-refractivity contribution in [2.24, 2.45) is 0 Å². The Kier molecular flexibility index (Phi) is 6.38. The van der Waals surface area contributed by atoms with Crippen molar-refractivity contribution < 1.29 is 27.9 Å². The van der Waals surface area contributed by atoms with Gasteiger partial charge in [-0.1, -0.05) is 6.07 Å². The molecule has 0 aromatic heterocycles. The van der Waals surface area contributed by atoms with E-state index in [1.54, 1.807) is 13.0 Å². The second-order valence-electron chi connectivity index (χ2n) is 6.30. The number of rotatable bonds is 6. The summed E-state index contributed by atoms with van der Waals surface area (Å²) in [6, 6.07) is 3.07. The predicted molar refractivity (Wildman–Crippen MR) is 94.1 cm³/mol. The normalized spacial score (nSPS) is 17.5. The zero-order valence-electron chi connectivity index (χ0n) is 15.1. The summed E-state index contributed by atoms with van der Waals surface area (Å²) in [5, 5.41) is 12.1. The molecule has 1 aliphatic rings. The molecule has 2 atom stereocenters. The SMILES string of the molecule is COC(=O)[C@@H](NC(=O)c1cc(S(=O)(=O)N2CCCC2)ccc1C)[C@H](C)O. The van der Waals surface area contributed by atoms with Gasteiger partial charge in [0.25, 0.3) is 5.91 Å². The molecule has 1 fully saturated rings. The van der Waals surface area contributed by atoms with Crippen molar-refractivity contribution in [1.82, 2.24) is 9.62 Å². The van der Waals surface area contributed by atoms with Gasteiger partial charge in [0.15, 0.2) is 6.04 Å². The number of carbonyl (C=O) groups excluding carboxylic acids is 2. The van der Waals surface area contributed by atoms with Crippen LogP contribution in [0.5, 0.6) is 0 Å². The van der Waals surface area contributed by atoms with E-state index in [0.717, 1.165) is 20.0 Å². The highest BCUT2D eigenvalue weighted by atomic mass is 32.2. The second-order valence-corrected chi connectivity index (χ2v) is 8.24. The molecule has 1 aromatic rings. The molecule has 2 rings (SSSR count). The lowest BCUT2D eigenvalue weighted by Crippen LogP contribution is -2.48. The molecule has 0 radical (unpaired) electrons. The van der Waals surface area contributed by atoms with E-state index >= 15 is 0 Å². The molecule has 0 aliphatic carbocycles. The van der Waals surface area contributed by atoms with Crippen molar-refractivity contribution in [3.8, 4) is 0 Å². The molecule has 0 unspecified atom stereocenters. The highest BCUT2D eigenvalue weighted by molar-refractivity contribution is 7.89. The summed E-state index contributed by atoms with van der Waals surface area (Å²) in [5.41, 5.74) is 0.678. The monoisotopic (exact) mass is 384 g/mol. The summed E-state index contributed by atoms with van der Waals surface area (Å²) in [5.74, 6) is -1.44. The standard InChI is InChI=1S/C17H24N2O6S/c1-11-6-7-13(26(23,24)19-8-4-5-9-19)10-14(11)16(21)18-15(12(2)20)17(22)25-3/h6-7,10,12,15,20H,4-5,8-9H2,1-3H3,(H,18,21)/t12-,15-/m0/s1. The van der Waals surface area contributed by atoms with Gasteiger partial charge in [-0.15, -0.1) is 0 Å². The van der Waals surface area contributed by atoms with Crippen molar-refractivity contribution in [2.45, 2.75) is 43.7 Å². The van der Waals surface area contributed by atoms with Crippen LogP contribution in [0.4, 0.5) is 0 Å². The van der Waals surface area contributed by atoms with Gasteiger partial charge in [-0.3, -0.25) is 4.79 Å². The molecule has 1 heterocycles. The highest BCUT2D eigenvalue weighted by Crippen LogP contribution is 2.23. The molecule has 26 heavy (non-hydrogen) atoms. The number of aliphatic hydroxyl groups is 1. The van der Waals surface area contributed by atoms with Crippen LogP contribution in [0.1, 0.15) is 35.7 Å². The lowest BCUT2D eigenvalue weighted by atomic mass is 10.1. The zero-order valence-corrected chi connectivity index (χ0v) is 15.9. The van der Waals surface area contributed by atoms with Crippen molar-refractivity contribution in [3.05, 3.63) is 29.3 Å². The first kappa shape index (κ1) is 20.3. The maximum atomic E-state index is 12.7. The number of nitrogens with one attached hydrogen (secondary N) is 1. The molecular formula is C17H24N2O6S. The number of nitrogens with zero attached hydrogens (tertiary/aromatic N) is 1. The van der Waals surface area contributed by atoms with Gasteiger partial charge in [0.05, 0.1) is 18.1 Å². The smallest absolute Gasteiger partial charge is 0.331 e. The summed E-state index contributed by atoms with van der Waals surface area (Å²) in [4.78, 5) is 24.3. The Morgan fingerprint density at radius 1 is 1.27 bits per heavy atom. The molecule has 9 heteroatoms. The predicted octanol–water partition coefficient (Wildman–Crippen LogP) is 0.432. The third-order valence-electron chi connectivity index (χ3n) is 4.38. The van der Waals surface area contributed by atoms with Crippen molar-refractivity contribution in [3.63, 3.8) is 0 Å². The average Bonchev–Trinajstić information content (AvgIpc) is 3.14. The van der Waals surface area contributed by atoms with Gasteiger partial charge in [-0.25, -0.2) is 13.2 Å². The fourth-order valence-electron chi connectivity index (χ4n) is 2.81. The van der Waals surface area contributed by atoms with Gasteiger partial charge in [0.2, 0.25) is 10.0 Å². The molecule has 0 bridgehead atoms. The Bertz CT molecular complexity index is 784. The first-order valence-electron chi connectivity index (χ1n) is 8.36. The van der Waals surface area contributed by atoms with Crippen molar-refractivity contribution in [1.29, 1.82) is 0 Å². The minimum atomic E-state index is -3.66. The number of methoxy groups -OCH3 is 1. The summed E-state index contributed by atoms with van der Waals surface area (Å²) >= 11 is 0. The van der Waals surface area contributed by atoms with Crippen LogP contribution in [0, 0.1) is 6.92 Å². The Hall–Kier alpha value is -1.97. The molecule has 1 aliphatic heterocycles. The summed E-state index contributed by atoms with van der Waals surface area (Å²) in [6.07, 6.45) is 0.463. The molecule has 1 saturated heterocycles. The molecule has 2 N–H and O–H groups in total. The Balaban J connectivity index is 2.31. The number of aryl methyl sites for hydroxylation is 1. The van der Waals surface area contributed by atoms with Crippen LogP contribution in [0.25, 0.3) is 0 Å². The van der Waals surface area contributed by atoms with Crippen LogP contribution in [-0.2, 0) is 19.6 Å². The van der Waals surface area contributed by atoms with Crippen LogP contribution < -0.4 is 5.32 Å². The molecular weight excluding hydrogens is 360 g/mol. The third-order valence-corrected chi connectivity index (χ3v) is 6.28. The van der Waals surface area contributed by atoms with Crippen molar-refractivity contribution >= 4 is 21.9 Å². The average molecular weight is 384 g/mol. The minimum Gasteiger partial charge on any atom is -0.467 e. The van der Waals surface area contributed by atoms with Gasteiger partial charge >= 0.3 is 5.97 Å². The van der Waals surface area contributed by atoms with E-state index in [0.29, 0.717) is 18.7 Å². The fraction of sp³-hybridized carbons (Fsp3) is 0.529. The van der Waals surface area contributed by atoms with Crippen LogP contribution in [0.15, 0.2) is 23.1 Å². The van der Waals surface area contributed by atoms with E-state index in [1.807, 2.05) is 0 Å². The Morgan fingerprint density at radius 2 is 1.88 bits per heavy atom. The van der Waals surface area contributed by atoms with Gasteiger partial charge in [0, 0.05) is 18.7 Å². The number of amides is 1. The number of esters is 1. The van der Waals surface area contributed by atoms with Gasteiger partial charge in [-0.2, -0.15) is 4.31 Å². The van der Waals surface area contributed by atoms with E-state index in [9.17, 15) is 23.1 Å². The summed E-state index contributed by atoms with van der Waals surface area (Å²) < 4.78 is 31.3. The van der Waals surface area contributed by atoms with E-state index in [-0.39, 0.29) is 10.5 Å². The molecule has 8 nitrogen and oxygen atoms in total. The molecule has 0 saturated carbocycles. The quantitative estimate of drug-likeness (QED) is 0.688. The van der Waals surface area contributed by atoms with E-state index in [2.05, 4.69) is 10.1 Å². The lowest BCUT2D eigenvalue weighted by Gasteiger charge is -2.20. The number of hydrogen-bond acceptors (Lipinski definition) is 6. The molecule has 1 aromatic carbocycles. The Morgan fingerprint density at radius 3 is 2.42 bits per heavy atom. The highest BCUT2D eigenvalue weighted by Gasteiger charge is 2.30. The number of ether oxygens (including phenoxy) is 1. The van der Waals surface area contributed by atoms with E-state index in [4.69, 9.17) is 0 Å². The van der Waals surface area contributed by atoms with Crippen LogP contribution in [0.3, 0.4) is 0 Å². The van der Waals surface area contributed by atoms with Crippen LogP contribution in [-0.4, -0.2) is 62.1 Å². The summed E-state index contributed by atoms with van der Waals surface area (Å²) in [7, 11) is -2.51. The number of sulfonamides is 1. The zero-order chi connectivity index (χ0) is 19.5. The first-order valence-corrected chi connectivity index (χ1v) is 9.80. The maximum absolute atomic E-state index is 12.7. The van der Waals surface area contributed by atoms with Gasteiger partial charge in [-0.05, 0) is 44.4 Å².